The summed E-state index contributed by atoms with van der Waals surface area (Å²) in [4.78, 5) is 0. The Morgan fingerprint density at radius 2 is 2.28 bits per heavy atom. The molecule has 0 radical (unpaired) electrons. The number of fused-ring (bicyclic) bond motifs is 1. The van der Waals surface area contributed by atoms with Crippen molar-refractivity contribution in [2.75, 3.05) is 6.61 Å². The van der Waals surface area contributed by atoms with Crippen LogP contribution in [0.4, 0.5) is 0 Å². The summed E-state index contributed by atoms with van der Waals surface area (Å²) in [7, 11) is 0. The van der Waals surface area contributed by atoms with Gasteiger partial charge in [0.2, 0.25) is 0 Å². The fraction of sp³-hybridized carbons (Fsp3) is 0.400. The summed E-state index contributed by atoms with van der Waals surface area (Å²) < 4.78 is 7.80. The molecule has 3 rings (SSSR count). The van der Waals surface area contributed by atoms with Crippen LogP contribution in [0.25, 0.3) is 10.9 Å². The van der Waals surface area contributed by atoms with E-state index in [2.05, 4.69) is 16.7 Å². The van der Waals surface area contributed by atoms with E-state index in [-0.39, 0.29) is 0 Å². The highest BCUT2D eigenvalue weighted by Crippen LogP contribution is 2.36. The average Bonchev–Trinajstić information content (AvgIpc) is 2.66. The summed E-state index contributed by atoms with van der Waals surface area (Å²) in [5.41, 5.74) is 1.89. The number of ether oxygens (including phenoxy) is 1. The Morgan fingerprint density at radius 3 is 2.89 bits per heavy atom. The first-order valence-corrected chi connectivity index (χ1v) is 6.51. The standard InChI is InChI=1S/C15H16N2O/c1-2-18-13-6-7-14-11(9-16)10-17(15(14)8-13)12-4-3-5-12/h6-8,10,12H,2-5H2,1H3. The van der Waals surface area contributed by atoms with E-state index in [1.807, 2.05) is 25.3 Å². The maximum absolute atomic E-state index is 9.20. The van der Waals surface area contributed by atoms with E-state index >= 15 is 0 Å². The van der Waals surface area contributed by atoms with Crippen LogP contribution in [0.1, 0.15) is 37.8 Å². The van der Waals surface area contributed by atoms with Crippen LogP contribution in [-0.4, -0.2) is 11.2 Å². The second-order valence-electron chi connectivity index (χ2n) is 4.76. The van der Waals surface area contributed by atoms with Crippen molar-refractivity contribution in [1.29, 1.82) is 5.26 Å². The Balaban J connectivity index is 2.15. The molecule has 3 heteroatoms. The van der Waals surface area contributed by atoms with Crippen molar-refractivity contribution in [2.24, 2.45) is 0 Å². The van der Waals surface area contributed by atoms with E-state index in [9.17, 15) is 5.26 Å². The Labute approximate surface area is 107 Å². The molecule has 1 aliphatic carbocycles. The van der Waals surface area contributed by atoms with Gasteiger partial charge < -0.3 is 9.30 Å². The zero-order valence-corrected chi connectivity index (χ0v) is 10.5. The highest BCUT2D eigenvalue weighted by molar-refractivity contribution is 5.87. The molecule has 0 aliphatic heterocycles. The molecule has 1 aromatic heterocycles. The van der Waals surface area contributed by atoms with Crippen molar-refractivity contribution >= 4 is 10.9 Å². The normalized spacial score (nSPS) is 15.3. The largest absolute Gasteiger partial charge is 0.494 e. The summed E-state index contributed by atoms with van der Waals surface area (Å²) in [6, 6.07) is 8.83. The van der Waals surface area contributed by atoms with Crippen LogP contribution in [0, 0.1) is 11.3 Å². The molecule has 0 saturated heterocycles. The molecule has 3 nitrogen and oxygen atoms in total. The van der Waals surface area contributed by atoms with Crippen LogP contribution in [-0.2, 0) is 0 Å². The maximum Gasteiger partial charge on any atom is 0.121 e. The molecule has 92 valence electrons. The zero-order valence-electron chi connectivity index (χ0n) is 10.5. The fourth-order valence-corrected chi connectivity index (χ4v) is 2.54. The predicted molar refractivity (Wildman–Crippen MR) is 70.7 cm³/mol. The predicted octanol–water partition coefficient (Wildman–Crippen LogP) is 3.64. The Hall–Kier alpha value is -1.95. The Bertz CT molecular complexity index is 617. The highest BCUT2D eigenvalue weighted by atomic mass is 16.5. The van der Waals surface area contributed by atoms with Crippen molar-refractivity contribution < 1.29 is 4.74 Å². The number of hydrogen-bond donors (Lipinski definition) is 0. The van der Waals surface area contributed by atoms with Gasteiger partial charge in [-0.15, -0.1) is 0 Å². The zero-order chi connectivity index (χ0) is 12.5. The third kappa shape index (κ3) is 1.65. The number of aromatic nitrogens is 1. The van der Waals surface area contributed by atoms with Gasteiger partial charge in [-0.2, -0.15) is 5.26 Å². The molecule has 0 atom stereocenters. The molecule has 18 heavy (non-hydrogen) atoms. The second-order valence-corrected chi connectivity index (χ2v) is 4.76. The second kappa shape index (κ2) is 4.38. The molecule has 1 aromatic carbocycles. The van der Waals surface area contributed by atoms with E-state index < -0.39 is 0 Å². The Kier molecular flexibility index (Phi) is 2.71. The molecule has 1 fully saturated rings. The van der Waals surface area contributed by atoms with Gasteiger partial charge in [-0.25, -0.2) is 0 Å². The topological polar surface area (TPSA) is 37.9 Å². The van der Waals surface area contributed by atoms with Crippen molar-refractivity contribution in [3.8, 4) is 11.8 Å². The van der Waals surface area contributed by atoms with Crippen LogP contribution in [0.5, 0.6) is 5.75 Å². The number of rotatable bonds is 3. The van der Waals surface area contributed by atoms with Gasteiger partial charge in [-0.1, -0.05) is 0 Å². The van der Waals surface area contributed by atoms with Crippen molar-refractivity contribution in [2.45, 2.75) is 32.2 Å². The molecule has 0 spiro atoms. The van der Waals surface area contributed by atoms with E-state index in [4.69, 9.17) is 4.74 Å². The summed E-state index contributed by atoms with van der Waals surface area (Å²) in [5, 5.41) is 10.2. The lowest BCUT2D eigenvalue weighted by atomic mass is 9.93. The van der Waals surface area contributed by atoms with Gasteiger partial charge in [-0.05, 0) is 38.3 Å². The molecule has 2 aromatic rings. The lowest BCUT2D eigenvalue weighted by Crippen LogP contribution is -2.15. The molecule has 1 aliphatic rings. The molecular weight excluding hydrogens is 224 g/mol. The summed E-state index contributed by atoms with van der Waals surface area (Å²) in [6.45, 7) is 2.65. The third-order valence-corrected chi connectivity index (χ3v) is 3.71. The van der Waals surface area contributed by atoms with E-state index in [0.29, 0.717) is 12.6 Å². The fourth-order valence-electron chi connectivity index (χ4n) is 2.54. The van der Waals surface area contributed by atoms with Gasteiger partial charge in [0.05, 0.1) is 17.7 Å². The molecule has 0 N–H and O–H groups in total. The molecule has 1 saturated carbocycles. The minimum atomic E-state index is 0.562. The van der Waals surface area contributed by atoms with Gasteiger partial charge in [-0.3, -0.25) is 0 Å². The van der Waals surface area contributed by atoms with Crippen LogP contribution in [0.3, 0.4) is 0 Å². The Morgan fingerprint density at radius 1 is 1.44 bits per heavy atom. The number of nitrogens with zero attached hydrogens (tertiary/aromatic N) is 2. The molecular formula is C15H16N2O. The first-order valence-electron chi connectivity index (χ1n) is 6.51. The molecule has 0 amide bonds. The van der Waals surface area contributed by atoms with Crippen molar-refractivity contribution in [1.82, 2.24) is 4.57 Å². The maximum atomic E-state index is 9.20. The quantitative estimate of drug-likeness (QED) is 0.821. The van der Waals surface area contributed by atoms with Gasteiger partial charge >= 0.3 is 0 Å². The monoisotopic (exact) mass is 240 g/mol. The van der Waals surface area contributed by atoms with Gasteiger partial charge in [0, 0.05) is 23.7 Å². The summed E-state index contributed by atoms with van der Waals surface area (Å²) in [5.74, 6) is 0.883. The van der Waals surface area contributed by atoms with Crippen molar-refractivity contribution in [3.05, 3.63) is 30.0 Å². The van der Waals surface area contributed by atoms with E-state index in [0.717, 1.165) is 22.2 Å². The summed E-state index contributed by atoms with van der Waals surface area (Å²) >= 11 is 0. The first-order chi connectivity index (χ1) is 8.83. The van der Waals surface area contributed by atoms with E-state index in [1.54, 1.807) is 0 Å². The number of nitriles is 1. The smallest absolute Gasteiger partial charge is 0.121 e. The van der Waals surface area contributed by atoms with Crippen LogP contribution < -0.4 is 4.74 Å². The van der Waals surface area contributed by atoms with Gasteiger partial charge in [0.15, 0.2) is 0 Å². The van der Waals surface area contributed by atoms with E-state index in [1.165, 1.54) is 19.3 Å². The minimum Gasteiger partial charge on any atom is -0.494 e. The number of benzene rings is 1. The number of hydrogen-bond acceptors (Lipinski definition) is 2. The summed E-state index contributed by atoms with van der Waals surface area (Å²) in [6.07, 6.45) is 5.71. The SMILES string of the molecule is CCOc1ccc2c(C#N)cn(C3CCC3)c2c1. The van der Waals surface area contributed by atoms with Crippen molar-refractivity contribution in [3.63, 3.8) is 0 Å². The molecule has 0 unspecified atom stereocenters. The van der Waals surface area contributed by atoms with Crippen LogP contribution in [0.15, 0.2) is 24.4 Å². The highest BCUT2D eigenvalue weighted by Gasteiger charge is 2.22. The van der Waals surface area contributed by atoms with Crippen LogP contribution >= 0.6 is 0 Å². The minimum absolute atomic E-state index is 0.562. The van der Waals surface area contributed by atoms with Crippen LogP contribution in [0.2, 0.25) is 0 Å². The van der Waals surface area contributed by atoms with Gasteiger partial charge in [0.25, 0.3) is 0 Å². The average molecular weight is 240 g/mol. The van der Waals surface area contributed by atoms with Gasteiger partial charge in [0.1, 0.15) is 11.8 Å². The third-order valence-electron chi connectivity index (χ3n) is 3.71. The molecule has 1 heterocycles. The molecule has 0 bridgehead atoms. The lowest BCUT2D eigenvalue weighted by Gasteiger charge is -2.28. The lowest BCUT2D eigenvalue weighted by molar-refractivity contribution is 0.320. The first kappa shape index (κ1) is 11.2.